The number of pyridine rings is 2. The Morgan fingerprint density at radius 3 is 1.99 bits per heavy atom. The molecule has 3 aliphatic heterocycles. The van der Waals surface area contributed by atoms with Crippen LogP contribution >= 0.6 is 15.9 Å². The summed E-state index contributed by atoms with van der Waals surface area (Å²) < 4.78 is 25.5. The molecule has 3 aliphatic rings. The number of hydrogen-bond donors (Lipinski definition) is 6. The van der Waals surface area contributed by atoms with Crippen LogP contribution in [0, 0.1) is 22.7 Å². The van der Waals surface area contributed by atoms with Gasteiger partial charge in [-0.2, -0.15) is 0 Å². The van der Waals surface area contributed by atoms with Gasteiger partial charge in [0.05, 0.1) is 47.7 Å². The smallest absolute Gasteiger partial charge is 0.318 e. The number of hydrazine groups is 2. The molecule has 5 bridgehead atoms. The number of carbonyl (C=O) groups excluding carboxylic acids is 8. The van der Waals surface area contributed by atoms with Crippen LogP contribution in [0.1, 0.15) is 173 Å². The second-order valence-electron chi connectivity index (χ2n) is 30.4. The molecule has 6 N–H and O–H groups in total. The molecule has 22 nitrogen and oxygen atoms in total. The van der Waals surface area contributed by atoms with E-state index < -0.39 is 99.4 Å². The first-order chi connectivity index (χ1) is 45.0. The molecule has 98 heavy (non-hydrogen) atoms. The normalized spacial score (nSPS) is 22.7. The lowest BCUT2D eigenvalue weighted by Crippen LogP contribution is -2.61. The molecular weight excluding hydrogens is 1340 g/mol. The van der Waals surface area contributed by atoms with E-state index in [1.807, 2.05) is 80.6 Å². The van der Waals surface area contributed by atoms with Crippen molar-refractivity contribution in [2.75, 3.05) is 26.3 Å². The van der Waals surface area contributed by atoms with E-state index in [9.17, 15) is 38.4 Å². The number of ether oxygens (including phenoxy) is 2. The van der Waals surface area contributed by atoms with Gasteiger partial charge in [-0.1, -0.05) is 141 Å². The first-order valence-electron chi connectivity index (χ1n) is 33.9. The van der Waals surface area contributed by atoms with Gasteiger partial charge in [0.1, 0.15) is 35.0 Å². The summed E-state index contributed by atoms with van der Waals surface area (Å²) in [5, 5.41) is 16.0. The number of hydrogen-bond acceptors (Lipinski definition) is 16. The van der Waals surface area contributed by atoms with Gasteiger partial charge in [0.2, 0.25) is 11.8 Å². The van der Waals surface area contributed by atoms with Crippen LogP contribution in [0.4, 0.5) is 0 Å². The van der Waals surface area contributed by atoms with Crippen molar-refractivity contribution in [2.45, 2.75) is 229 Å². The standard InChI is InChI=1S/C36H54BrN5O6Si.C36H53N5O6Si.CH4/c1-12-36(9,21-47-49(10,11)35(6,7)8)34(46)48-30(22(2)3)32(44)39-24(5)33(45)42-19-13-14-28(41-42)31(43)38-23(4)27-18-16-25-15-17-26(37)20-29(25)40-27;1-22(2)30-32(43)38-24(4)33(44)41-19-11-12-28(40-41)31(42)37-23(3)27-16-15-26-14-13-25(20-29(26)39-27)17-18-36(8,34(45)47-30)21-46-48(9,10)35(5,6)7;/h12,15-18,20,22-24,28,30,41H,1,13-14,19,21H2,2-11H3,(H,38,43)(H,39,44);13-18,20,22-24,28,30,40H,11-12,19,21H2,1-10H3,(H,37,42)(H,38,43);1H4/b;18-17+;/t2*23-,24+,28+,30+,36-;/m11./s1. The molecule has 540 valence electrons. The monoisotopic (exact) mass is 1450 g/mol. The third-order valence-electron chi connectivity index (χ3n) is 19.3. The number of rotatable bonds is 17. The maximum absolute atomic E-state index is 14.1. The number of esters is 2. The van der Waals surface area contributed by atoms with Gasteiger partial charge in [0.15, 0.2) is 28.8 Å². The molecule has 5 heterocycles. The highest BCUT2D eigenvalue weighted by atomic mass is 79.9. The van der Waals surface area contributed by atoms with Crippen LogP contribution in [0.15, 0.2) is 83.9 Å². The Morgan fingerprint density at radius 2 is 1.37 bits per heavy atom. The summed E-state index contributed by atoms with van der Waals surface area (Å²) in [5.41, 5.74) is 7.46. The quantitative estimate of drug-likeness (QED) is 0.0326. The Morgan fingerprint density at radius 1 is 0.776 bits per heavy atom. The number of halogens is 1. The number of carbonyl (C=O) groups is 8. The Balaban J connectivity index is 0.000000350. The van der Waals surface area contributed by atoms with Crippen LogP contribution < -0.4 is 32.1 Å². The van der Waals surface area contributed by atoms with Crippen LogP contribution in [0.2, 0.25) is 36.3 Å². The second-order valence-corrected chi connectivity index (χ2v) is 41.0. The molecule has 2 saturated heterocycles. The van der Waals surface area contributed by atoms with E-state index in [2.05, 4.69) is 122 Å². The van der Waals surface area contributed by atoms with Gasteiger partial charge in [0, 0.05) is 28.3 Å². The minimum absolute atomic E-state index is 0. The molecule has 10 atom stereocenters. The average molecular weight is 1460 g/mol. The molecule has 2 fully saturated rings. The summed E-state index contributed by atoms with van der Waals surface area (Å²) in [6.07, 6.45) is 5.12. The molecule has 0 unspecified atom stereocenters. The minimum atomic E-state index is -2.27. The van der Waals surface area contributed by atoms with E-state index in [1.54, 1.807) is 61.5 Å². The summed E-state index contributed by atoms with van der Waals surface area (Å²) in [6.45, 7) is 43.4. The van der Waals surface area contributed by atoms with Gasteiger partial charge in [0.25, 0.3) is 23.6 Å². The zero-order chi connectivity index (χ0) is 72.5. The SMILES string of the molecule is C.C=C[C@](C)(CO[Si](C)(C)C(C)(C)C)C(=O)O[C@H](C(=O)N[C@@H](C)C(=O)N1CCC[C@@H](C(=O)N[C@H](C)c2ccc3ccc(Br)cc3n2)N1)C(C)C.CC(C)[C@@H]1OC(=O)[C@@](C)(CO[Si](C)(C)C(C)(C)C)/C=C/c2ccc3ccc(nc3c2)[C@@H](C)NC(=O)[C@@H]2CCCN(N2)C(=O)[C@H](C)NC1=O. The Hall–Kier alpha value is -6.75. The van der Waals surface area contributed by atoms with Crippen LogP contribution in [-0.2, 0) is 56.7 Å². The lowest BCUT2D eigenvalue weighted by Gasteiger charge is -2.39. The molecule has 25 heteroatoms. The molecule has 0 saturated carbocycles. The van der Waals surface area contributed by atoms with E-state index in [1.165, 1.54) is 16.1 Å². The predicted molar refractivity (Wildman–Crippen MR) is 393 cm³/mol. The van der Waals surface area contributed by atoms with E-state index in [0.29, 0.717) is 44.5 Å². The molecule has 6 amide bonds. The largest absolute Gasteiger partial charge is 0.451 e. The molecular formula is C73H111BrN10O12Si2. The second kappa shape index (κ2) is 33.6. The number of cyclic esters (lactones) is 1. The summed E-state index contributed by atoms with van der Waals surface area (Å²) in [7, 11) is -4.44. The highest BCUT2D eigenvalue weighted by molar-refractivity contribution is 9.10. The molecule has 2 aromatic carbocycles. The van der Waals surface area contributed by atoms with Crippen molar-refractivity contribution in [1.29, 1.82) is 0 Å². The van der Waals surface area contributed by atoms with Crippen molar-refractivity contribution in [2.24, 2.45) is 22.7 Å². The Kier molecular flexibility index (Phi) is 28.1. The summed E-state index contributed by atoms with van der Waals surface area (Å²) in [5.74, 6) is -4.44. The lowest BCUT2D eigenvalue weighted by molar-refractivity contribution is -0.167. The van der Waals surface area contributed by atoms with Gasteiger partial charge >= 0.3 is 11.9 Å². The van der Waals surface area contributed by atoms with E-state index >= 15 is 0 Å². The summed E-state index contributed by atoms with van der Waals surface area (Å²) in [4.78, 5) is 118. The number of amides is 6. The van der Waals surface area contributed by atoms with Crippen molar-refractivity contribution in [3.8, 4) is 0 Å². The molecule has 0 spiro atoms. The molecule has 0 aliphatic carbocycles. The Bertz CT molecular complexity index is 3580. The number of nitrogens with one attached hydrogen (secondary N) is 6. The van der Waals surface area contributed by atoms with Crippen molar-refractivity contribution >= 4 is 108 Å². The van der Waals surface area contributed by atoms with Gasteiger partial charge < -0.3 is 39.6 Å². The molecule has 0 radical (unpaired) electrons. The third-order valence-corrected chi connectivity index (χ3v) is 28.8. The molecule has 4 aromatic rings. The van der Waals surface area contributed by atoms with Gasteiger partial charge in [-0.15, -0.1) is 6.58 Å². The number of fused-ring (bicyclic) bond motifs is 5. The summed E-state index contributed by atoms with van der Waals surface area (Å²) in [6, 6.07) is 15.5. The molecule has 7 rings (SSSR count). The number of nitrogens with zero attached hydrogens (tertiary/aromatic N) is 4. The fraction of sp³-hybridized carbons (Fsp3) is 0.589. The topological polar surface area (TPSA) is 278 Å². The van der Waals surface area contributed by atoms with Gasteiger partial charge in [-0.3, -0.25) is 58.3 Å². The van der Waals surface area contributed by atoms with Crippen molar-refractivity contribution < 1.29 is 56.7 Å². The third kappa shape index (κ3) is 20.9. The maximum Gasteiger partial charge on any atom is 0.318 e. The fourth-order valence-corrected chi connectivity index (χ4v) is 12.8. The highest BCUT2D eigenvalue weighted by Crippen LogP contribution is 2.40. The maximum atomic E-state index is 14.1. The lowest BCUT2D eigenvalue weighted by atomic mass is 9.90. The molecule has 2 aromatic heterocycles. The van der Waals surface area contributed by atoms with Crippen molar-refractivity contribution in [1.82, 2.24) is 52.1 Å². The van der Waals surface area contributed by atoms with E-state index in [-0.39, 0.29) is 66.5 Å². The van der Waals surface area contributed by atoms with Gasteiger partial charge in [-0.05, 0) is 151 Å². The van der Waals surface area contributed by atoms with Crippen molar-refractivity contribution in [3.63, 3.8) is 0 Å². The average Bonchev–Trinajstić information content (AvgIpc) is 0.902. The van der Waals surface area contributed by atoms with E-state index in [0.717, 1.165) is 37.5 Å². The van der Waals surface area contributed by atoms with Crippen LogP contribution in [0.25, 0.3) is 27.9 Å². The van der Waals surface area contributed by atoms with Crippen LogP contribution in [0.3, 0.4) is 0 Å². The van der Waals surface area contributed by atoms with Crippen LogP contribution in [0.5, 0.6) is 0 Å². The fourth-order valence-electron chi connectivity index (χ4n) is 10.3. The Labute approximate surface area is 591 Å². The number of benzene rings is 2. The zero-order valence-electron chi connectivity index (χ0n) is 60.7. The van der Waals surface area contributed by atoms with E-state index in [4.69, 9.17) is 28.3 Å². The van der Waals surface area contributed by atoms with Crippen molar-refractivity contribution in [3.05, 3.63) is 101 Å². The predicted octanol–water partition coefficient (Wildman–Crippen LogP) is 11.6. The summed E-state index contributed by atoms with van der Waals surface area (Å²) >= 11 is 3.47. The zero-order valence-corrected chi connectivity index (χ0v) is 64.3. The highest BCUT2D eigenvalue weighted by Gasteiger charge is 2.46. The first kappa shape index (κ1) is 81.9. The minimum Gasteiger partial charge on any atom is -0.451 e. The number of aromatic nitrogens is 2. The van der Waals surface area contributed by atoms with Gasteiger partial charge in [-0.25, -0.2) is 10.9 Å². The van der Waals surface area contributed by atoms with Crippen LogP contribution in [-0.4, -0.2) is 147 Å². The first-order valence-corrected chi connectivity index (χ1v) is 40.5.